The molecular weight excluding hydrogens is 336 g/mol. The van der Waals surface area contributed by atoms with Crippen molar-refractivity contribution < 1.29 is 32.9 Å². The zero-order valence-corrected chi connectivity index (χ0v) is 14.5. The minimum atomic E-state index is -3.81. The lowest BCUT2D eigenvalue weighted by Gasteiger charge is -2.26. The molecule has 0 saturated carbocycles. The van der Waals surface area contributed by atoms with Crippen LogP contribution in [-0.4, -0.2) is 41.6 Å². The average molecular weight is 357 g/mol. The van der Waals surface area contributed by atoms with Crippen LogP contribution in [0.2, 0.25) is 0 Å². The molecule has 0 radical (unpaired) electrons. The molecule has 1 aromatic rings. The summed E-state index contributed by atoms with van der Waals surface area (Å²) in [5.41, 5.74) is -0.236. The van der Waals surface area contributed by atoms with E-state index in [2.05, 4.69) is 16.1 Å². The van der Waals surface area contributed by atoms with E-state index in [1.54, 1.807) is 20.8 Å². The first kappa shape index (κ1) is 19.0. The van der Waals surface area contributed by atoms with Crippen LogP contribution in [0.4, 0.5) is 13.6 Å². The number of aliphatic hydroxyl groups is 1. The van der Waals surface area contributed by atoms with Crippen LogP contribution in [0.15, 0.2) is 18.7 Å². The Hall–Kier alpha value is -2.35. The third kappa shape index (κ3) is 4.39. The van der Waals surface area contributed by atoms with Crippen molar-refractivity contribution in [2.45, 2.75) is 38.8 Å². The van der Waals surface area contributed by atoms with E-state index >= 15 is 0 Å². The van der Waals surface area contributed by atoms with Crippen LogP contribution in [0.25, 0.3) is 6.08 Å². The molecule has 0 saturated heterocycles. The van der Waals surface area contributed by atoms with Gasteiger partial charge in [-0.2, -0.15) is 0 Å². The summed E-state index contributed by atoms with van der Waals surface area (Å²) in [6.07, 6.45) is -4.38. The zero-order chi connectivity index (χ0) is 19.0. The third-order valence-electron chi connectivity index (χ3n) is 3.35. The van der Waals surface area contributed by atoms with Crippen LogP contribution in [0, 0.1) is 0 Å². The zero-order valence-electron chi connectivity index (χ0n) is 14.5. The van der Waals surface area contributed by atoms with Crippen LogP contribution in [0.1, 0.15) is 38.0 Å². The monoisotopic (exact) mass is 357 g/mol. The Balaban J connectivity index is 2.25. The molecule has 1 aliphatic rings. The quantitative estimate of drug-likeness (QED) is 0.892. The molecule has 25 heavy (non-hydrogen) atoms. The molecule has 0 aliphatic carbocycles. The van der Waals surface area contributed by atoms with E-state index in [0.717, 1.165) is 4.90 Å². The maximum atomic E-state index is 13.4. The summed E-state index contributed by atoms with van der Waals surface area (Å²) in [6, 6.07) is 2.78. The maximum Gasteiger partial charge on any atom is 0.586 e. The van der Waals surface area contributed by atoms with Crippen molar-refractivity contribution in [1.82, 2.24) is 4.90 Å². The number of carbonyl (C=O) groups excluding carboxylic acids is 1. The number of aliphatic hydroxyl groups excluding tert-OH is 1. The minimum Gasteiger partial charge on any atom is -0.444 e. The summed E-state index contributed by atoms with van der Waals surface area (Å²) in [6.45, 7) is 8.54. The highest BCUT2D eigenvalue weighted by molar-refractivity contribution is 5.68. The molecule has 6 nitrogen and oxygen atoms in total. The van der Waals surface area contributed by atoms with Crippen molar-refractivity contribution in [1.29, 1.82) is 0 Å². The molecule has 1 aromatic carbocycles. The molecule has 0 aromatic heterocycles. The van der Waals surface area contributed by atoms with E-state index in [0.29, 0.717) is 5.56 Å². The van der Waals surface area contributed by atoms with Gasteiger partial charge < -0.3 is 24.2 Å². The van der Waals surface area contributed by atoms with E-state index in [9.17, 15) is 18.7 Å². The Morgan fingerprint density at radius 3 is 2.64 bits per heavy atom. The van der Waals surface area contributed by atoms with Gasteiger partial charge in [-0.25, -0.2) is 4.79 Å². The van der Waals surface area contributed by atoms with Gasteiger partial charge in [0.2, 0.25) is 0 Å². The number of hydrogen-bond donors (Lipinski definition) is 1. The first-order valence-corrected chi connectivity index (χ1v) is 7.61. The number of ether oxygens (including phenoxy) is 3. The van der Waals surface area contributed by atoms with Crippen LogP contribution in [0.3, 0.4) is 0 Å². The van der Waals surface area contributed by atoms with Gasteiger partial charge in [-0.05, 0) is 32.4 Å². The van der Waals surface area contributed by atoms with Crippen molar-refractivity contribution in [3.8, 4) is 11.5 Å². The second-order valence-electron chi connectivity index (χ2n) is 6.64. The Kier molecular flexibility index (Phi) is 4.94. The van der Waals surface area contributed by atoms with Crippen molar-refractivity contribution >= 4 is 12.2 Å². The fraction of sp³-hybridized carbons (Fsp3) is 0.471. The second-order valence-corrected chi connectivity index (χ2v) is 6.64. The number of alkyl halides is 2. The van der Waals surface area contributed by atoms with Gasteiger partial charge in [-0.15, -0.1) is 8.78 Å². The van der Waals surface area contributed by atoms with Gasteiger partial charge in [0.25, 0.3) is 0 Å². The molecule has 138 valence electrons. The lowest BCUT2D eigenvalue weighted by molar-refractivity contribution is -0.287. The summed E-state index contributed by atoms with van der Waals surface area (Å²) in [5, 5.41) is 10.5. The summed E-state index contributed by atoms with van der Waals surface area (Å²) < 4.78 is 40.8. The molecule has 1 N–H and O–H groups in total. The summed E-state index contributed by atoms with van der Waals surface area (Å²) in [4.78, 5) is 13.2. The van der Waals surface area contributed by atoms with Crippen LogP contribution in [0.5, 0.6) is 11.5 Å². The molecule has 0 bridgehead atoms. The number of halogens is 2. The lowest BCUT2D eigenvalue weighted by Crippen LogP contribution is -2.36. The topological polar surface area (TPSA) is 68.2 Å². The molecular formula is C17H21F2NO5. The fourth-order valence-corrected chi connectivity index (χ4v) is 2.33. The van der Waals surface area contributed by atoms with E-state index < -0.39 is 24.1 Å². The Bertz CT molecular complexity index is 684. The molecule has 1 aliphatic heterocycles. The number of benzene rings is 1. The number of nitrogens with zero attached hydrogens (tertiary/aromatic N) is 1. The number of rotatable bonds is 4. The smallest absolute Gasteiger partial charge is 0.444 e. The first-order chi connectivity index (χ1) is 11.4. The van der Waals surface area contributed by atoms with Crippen LogP contribution in [-0.2, 0) is 4.74 Å². The minimum absolute atomic E-state index is 0.0695. The highest BCUT2D eigenvalue weighted by Crippen LogP contribution is 2.47. The molecule has 1 atom stereocenters. The van der Waals surface area contributed by atoms with E-state index in [-0.39, 0.29) is 23.6 Å². The number of carbonyl (C=O) groups is 1. The molecule has 2 rings (SSSR count). The Morgan fingerprint density at radius 2 is 2.08 bits per heavy atom. The number of likely N-dealkylation sites (N-methyl/N-ethyl adjacent to an activating group) is 1. The van der Waals surface area contributed by atoms with Crippen LogP contribution < -0.4 is 9.47 Å². The fourth-order valence-electron chi connectivity index (χ4n) is 2.33. The standard InChI is InChI=1S/C17H21F2NO5/c1-6-10-7-8-12-14(24-17(18,19)23-12)13(10)11(21)9-20(5)15(22)25-16(2,3)4/h6-8,11,21H,1,9H2,2-5H3. The van der Waals surface area contributed by atoms with Gasteiger partial charge in [-0.3, -0.25) is 0 Å². The van der Waals surface area contributed by atoms with Gasteiger partial charge in [0.1, 0.15) is 11.7 Å². The molecule has 1 unspecified atom stereocenters. The van der Waals surface area contributed by atoms with Gasteiger partial charge in [0.05, 0.1) is 6.54 Å². The van der Waals surface area contributed by atoms with Crippen molar-refractivity contribution in [3.05, 3.63) is 29.8 Å². The first-order valence-electron chi connectivity index (χ1n) is 7.61. The third-order valence-corrected chi connectivity index (χ3v) is 3.35. The Labute approximate surface area is 144 Å². The average Bonchev–Trinajstić information content (AvgIpc) is 2.77. The molecule has 8 heteroatoms. The summed E-state index contributed by atoms with van der Waals surface area (Å²) >= 11 is 0. The maximum absolute atomic E-state index is 13.4. The highest BCUT2D eigenvalue weighted by atomic mass is 19.3. The molecule has 0 spiro atoms. The van der Waals surface area contributed by atoms with Crippen molar-refractivity contribution in [2.24, 2.45) is 0 Å². The van der Waals surface area contributed by atoms with Gasteiger partial charge in [0, 0.05) is 12.6 Å². The van der Waals surface area contributed by atoms with Gasteiger partial charge in [0.15, 0.2) is 11.5 Å². The second kappa shape index (κ2) is 6.51. The van der Waals surface area contributed by atoms with Gasteiger partial charge in [-0.1, -0.05) is 18.7 Å². The summed E-state index contributed by atoms with van der Waals surface area (Å²) in [7, 11) is 1.43. The normalized spacial score (nSPS) is 16.3. The number of fused-ring (bicyclic) bond motifs is 1. The highest BCUT2D eigenvalue weighted by Gasteiger charge is 2.45. The van der Waals surface area contributed by atoms with E-state index in [1.165, 1.54) is 25.3 Å². The predicted octanol–water partition coefficient (Wildman–Crippen LogP) is 3.55. The Morgan fingerprint density at radius 1 is 1.44 bits per heavy atom. The van der Waals surface area contributed by atoms with E-state index in [4.69, 9.17) is 4.74 Å². The number of amides is 1. The largest absolute Gasteiger partial charge is 0.586 e. The molecule has 0 fully saturated rings. The van der Waals surface area contributed by atoms with Crippen molar-refractivity contribution in [2.75, 3.05) is 13.6 Å². The van der Waals surface area contributed by atoms with Crippen LogP contribution >= 0.6 is 0 Å². The summed E-state index contributed by atoms with van der Waals surface area (Å²) in [5.74, 6) is -0.461. The SMILES string of the molecule is C=Cc1ccc2c(c1C(O)CN(C)C(=O)OC(C)(C)C)OC(F)(F)O2. The lowest BCUT2D eigenvalue weighted by atomic mass is 10.00. The van der Waals surface area contributed by atoms with E-state index in [1.807, 2.05) is 0 Å². The molecule has 1 heterocycles. The van der Waals surface area contributed by atoms with Crippen molar-refractivity contribution in [3.63, 3.8) is 0 Å². The molecule has 1 amide bonds. The number of hydrogen-bond acceptors (Lipinski definition) is 5. The predicted molar refractivity (Wildman–Crippen MR) is 86.6 cm³/mol. The van der Waals surface area contributed by atoms with Gasteiger partial charge >= 0.3 is 12.4 Å².